The number of nitrogens with zero attached hydrogens (tertiary/aromatic N) is 4. The number of hydrogen-bond acceptors (Lipinski definition) is 10. The van der Waals surface area contributed by atoms with Crippen molar-refractivity contribution in [3.63, 3.8) is 0 Å². The van der Waals surface area contributed by atoms with Gasteiger partial charge in [-0.25, -0.2) is 0 Å². The van der Waals surface area contributed by atoms with E-state index in [0.717, 1.165) is 22.3 Å². The summed E-state index contributed by atoms with van der Waals surface area (Å²) in [6, 6.07) is 10.2. The smallest absolute Gasteiger partial charge is 0.293 e. The van der Waals surface area contributed by atoms with Gasteiger partial charge in [0.2, 0.25) is 0 Å². The Morgan fingerprint density at radius 3 is 2.28 bits per heavy atom. The van der Waals surface area contributed by atoms with Gasteiger partial charge in [-0.2, -0.15) is 0 Å². The fourth-order valence-electron chi connectivity index (χ4n) is 4.62. The van der Waals surface area contributed by atoms with Gasteiger partial charge in [0.1, 0.15) is 18.0 Å². The minimum Gasteiger partial charge on any atom is -0.490 e. The third-order valence-electron chi connectivity index (χ3n) is 6.59. The van der Waals surface area contributed by atoms with E-state index in [-0.39, 0.29) is 23.7 Å². The summed E-state index contributed by atoms with van der Waals surface area (Å²) in [5, 5.41) is 12.1. The van der Waals surface area contributed by atoms with Crippen molar-refractivity contribution in [1.82, 2.24) is 4.90 Å². The first-order valence-electron chi connectivity index (χ1n) is 12.5. The van der Waals surface area contributed by atoms with Crippen LogP contribution in [0.2, 0.25) is 5.02 Å². The Balaban J connectivity index is 1.43. The molecule has 3 fully saturated rings. The summed E-state index contributed by atoms with van der Waals surface area (Å²) in [6.45, 7) is 4.40. The Labute approximate surface area is 234 Å². The van der Waals surface area contributed by atoms with Crippen LogP contribution in [-0.2, 0) is 14.3 Å². The normalized spacial score (nSPS) is 19.2. The molecule has 5 rings (SSSR count). The third-order valence-corrected chi connectivity index (χ3v) is 7.81. The second kappa shape index (κ2) is 12.2. The number of imide groups is 1. The lowest BCUT2D eigenvalue weighted by molar-refractivity contribution is -0.384. The number of halogens is 1. The Bertz CT molecular complexity index is 1300. The summed E-state index contributed by atoms with van der Waals surface area (Å²) in [5.74, 6) is -0.00917. The van der Waals surface area contributed by atoms with Crippen molar-refractivity contribution in [3.05, 3.63) is 62.0 Å². The van der Waals surface area contributed by atoms with Gasteiger partial charge in [0.15, 0.2) is 0 Å². The molecule has 11 nitrogen and oxygen atoms in total. The predicted octanol–water partition coefficient (Wildman–Crippen LogP) is 4.04. The monoisotopic (exact) mass is 574 g/mol. The molecule has 3 aliphatic heterocycles. The molecule has 0 spiro atoms. The molecule has 2 amide bonds. The summed E-state index contributed by atoms with van der Waals surface area (Å²) in [7, 11) is 0. The van der Waals surface area contributed by atoms with E-state index in [1.807, 2.05) is 11.0 Å². The fraction of sp³-hybridized carbons (Fsp3) is 0.385. The molecule has 0 aliphatic carbocycles. The van der Waals surface area contributed by atoms with Crippen LogP contribution in [0.4, 0.5) is 21.9 Å². The molecule has 206 valence electrons. The molecule has 0 radical (unpaired) electrons. The van der Waals surface area contributed by atoms with Crippen LogP contribution in [0, 0.1) is 10.1 Å². The molecular formula is C26H27ClN4O7S. The first kappa shape index (κ1) is 27.3. The van der Waals surface area contributed by atoms with Crippen molar-refractivity contribution in [2.45, 2.75) is 0 Å². The molecule has 0 atom stereocenters. The molecule has 13 heteroatoms. The number of morpholine rings is 2. The third kappa shape index (κ3) is 6.14. The van der Waals surface area contributed by atoms with Crippen LogP contribution in [-0.4, -0.2) is 86.7 Å². The lowest BCUT2D eigenvalue weighted by atomic mass is 10.1. The quantitative estimate of drug-likeness (QED) is 0.260. The van der Waals surface area contributed by atoms with Crippen molar-refractivity contribution in [2.75, 3.05) is 75.6 Å². The van der Waals surface area contributed by atoms with Gasteiger partial charge in [0.05, 0.1) is 47.8 Å². The summed E-state index contributed by atoms with van der Waals surface area (Å²) < 4.78 is 16.6. The van der Waals surface area contributed by atoms with Gasteiger partial charge in [-0.05, 0) is 36.0 Å². The van der Waals surface area contributed by atoms with Gasteiger partial charge in [-0.1, -0.05) is 23.7 Å². The van der Waals surface area contributed by atoms with Crippen LogP contribution in [0.15, 0.2) is 41.3 Å². The number of hydrogen-bond donors (Lipinski definition) is 0. The maximum Gasteiger partial charge on any atom is 0.293 e. The van der Waals surface area contributed by atoms with E-state index in [0.29, 0.717) is 74.6 Å². The number of ether oxygens (including phenoxy) is 3. The van der Waals surface area contributed by atoms with Crippen LogP contribution >= 0.6 is 23.4 Å². The average molecular weight is 575 g/mol. The van der Waals surface area contributed by atoms with E-state index in [1.165, 1.54) is 6.07 Å². The minimum absolute atomic E-state index is 0.0413. The molecule has 2 aromatic carbocycles. The highest BCUT2D eigenvalue weighted by Crippen LogP contribution is 2.40. The van der Waals surface area contributed by atoms with Crippen molar-refractivity contribution >= 4 is 57.6 Å². The van der Waals surface area contributed by atoms with E-state index in [4.69, 9.17) is 25.8 Å². The first-order valence-corrected chi connectivity index (χ1v) is 13.7. The van der Waals surface area contributed by atoms with Gasteiger partial charge in [-0.15, -0.1) is 0 Å². The molecule has 0 saturated carbocycles. The zero-order valence-electron chi connectivity index (χ0n) is 21.0. The van der Waals surface area contributed by atoms with E-state index in [1.54, 1.807) is 30.3 Å². The number of anilines is 2. The number of carbonyl (C=O) groups is 2. The van der Waals surface area contributed by atoms with E-state index < -0.39 is 16.1 Å². The number of carbonyl (C=O) groups excluding carboxylic acids is 2. The Hall–Kier alpha value is -3.32. The second-order valence-corrected chi connectivity index (χ2v) is 10.4. The average Bonchev–Trinajstić information content (AvgIpc) is 3.22. The highest BCUT2D eigenvalue weighted by Gasteiger charge is 2.36. The zero-order valence-corrected chi connectivity index (χ0v) is 22.6. The fourth-order valence-corrected chi connectivity index (χ4v) is 5.67. The summed E-state index contributed by atoms with van der Waals surface area (Å²) >= 11 is 6.92. The van der Waals surface area contributed by atoms with E-state index in [9.17, 15) is 19.7 Å². The van der Waals surface area contributed by atoms with Crippen molar-refractivity contribution in [1.29, 1.82) is 0 Å². The molecule has 0 aromatic heterocycles. The molecule has 0 N–H and O–H groups in total. The number of nitro benzene ring substituents is 1. The van der Waals surface area contributed by atoms with Crippen LogP contribution in [0.1, 0.15) is 5.56 Å². The minimum atomic E-state index is -0.472. The van der Waals surface area contributed by atoms with Crippen molar-refractivity contribution in [3.8, 4) is 5.75 Å². The SMILES string of the molecule is O=C1S/C(=C\c2cc([N+](=O)[O-])c(N3CCOCC3)cc2N2CCOCC2)C(=O)N1CCOc1ccccc1Cl. The van der Waals surface area contributed by atoms with E-state index >= 15 is 0 Å². The van der Waals surface area contributed by atoms with Gasteiger partial charge >= 0.3 is 0 Å². The van der Waals surface area contributed by atoms with Gasteiger partial charge in [0, 0.05) is 43.5 Å². The molecule has 0 unspecified atom stereocenters. The Kier molecular flexibility index (Phi) is 8.56. The number of para-hydroxylation sites is 1. The largest absolute Gasteiger partial charge is 0.490 e. The van der Waals surface area contributed by atoms with Crippen LogP contribution < -0.4 is 14.5 Å². The number of rotatable bonds is 8. The van der Waals surface area contributed by atoms with Crippen LogP contribution in [0.25, 0.3) is 6.08 Å². The number of nitro groups is 1. The lowest BCUT2D eigenvalue weighted by Gasteiger charge is -2.33. The predicted molar refractivity (Wildman–Crippen MR) is 149 cm³/mol. The van der Waals surface area contributed by atoms with Gasteiger partial charge < -0.3 is 24.0 Å². The van der Waals surface area contributed by atoms with E-state index in [2.05, 4.69) is 4.90 Å². The molecule has 0 bridgehead atoms. The molecule has 3 saturated heterocycles. The molecule has 3 aliphatic rings. The van der Waals surface area contributed by atoms with Gasteiger partial charge in [0.25, 0.3) is 16.8 Å². The summed E-state index contributed by atoms with van der Waals surface area (Å²) in [4.78, 5) is 42.9. The van der Waals surface area contributed by atoms with Crippen molar-refractivity contribution in [2.24, 2.45) is 0 Å². The molecule has 39 heavy (non-hydrogen) atoms. The molecule has 3 heterocycles. The van der Waals surface area contributed by atoms with Crippen LogP contribution in [0.5, 0.6) is 5.75 Å². The maximum absolute atomic E-state index is 13.2. The second-order valence-electron chi connectivity index (χ2n) is 8.97. The topological polar surface area (TPSA) is 115 Å². The number of benzene rings is 2. The zero-order chi connectivity index (χ0) is 27.4. The summed E-state index contributed by atoms with van der Waals surface area (Å²) in [6.07, 6.45) is 1.57. The van der Waals surface area contributed by atoms with Gasteiger partial charge in [-0.3, -0.25) is 24.6 Å². The lowest BCUT2D eigenvalue weighted by Crippen LogP contribution is -2.38. The maximum atomic E-state index is 13.2. The highest BCUT2D eigenvalue weighted by molar-refractivity contribution is 8.18. The first-order chi connectivity index (χ1) is 18.9. The standard InChI is InChI=1S/C26H27ClN4O7S/c27-19-3-1-2-4-23(19)38-14-9-30-25(32)24(39-26(30)33)16-18-15-22(31(34)35)21(29-7-12-37-13-8-29)17-20(18)28-5-10-36-11-6-28/h1-4,15-17H,5-14H2/b24-16-. The Morgan fingerprint density at radius 2 is 1.64 bits per heavy atom. The number of amides is 2. The Morgan fingerprint density at radius 1 is 1.00 bits per heavy atom. The molecular weight excluding hydrogens is 548 g/mol. The number of thioether (sulfide) groups is 1. The highest BCUT2D eigenvalue weighted by atomic mass is 35.5. The van der Waals surface area contributed by atoms with Crippen molar-refractivity contribution < 1.29 is 28.7 Å². The molecule has 2 aromatic rings. The van der Waals surface area contributed by atoms with Crippen LogP contribution in [0.3, 0.4) is 0 Å². The summed E-state index contributed by atoms with van der Waals surface area (Å²) in [5.41, 5.74) is 1.69.